The Labute approximate surface area is 104 Å². The van der Waals surface area contributed by atoms with Crippen molar-refractivity contribution >= 4 is 31.6 Å². The third kappa shape index (κ3) is 5.42. The van der Waals surface area contributed by atoms with Crippen LogP contribution in [0.3, 0.4) is 0 Å². The van der Waals surface area contributed by atoms with Crippen molar-refractivity contribution in [3.63, 3.8) is 0 Å². The molecule has 1 aromatic rings. The standard InChI is InChI=1S/C11H13BrO3S/c1-16(14,15)6-5-11(13)8-9-3-2-4-10(12)7-9/h2-4,7H,5-6,8H2,1H3. The molecule has 0 radical (unpaired) electrons. The summed E-state index contributed by atoms with van der Waals surface area (Å²) in [6, 6.07) is 7.44. The number of Topliss-reactive ketones (excluding diaryl/α,β-unsaturated/α-hetero) is 1. The molecule has 88 valence electrons. The van der Waals surface area contributed by atoms with Crippen LogP contribution < -0.4 is 0 Å². The minimum atomic E-state index is -3.05. The third-order valence-corrected chi connectivity index (χ3v) is 3.48. The molecule has 0 amide bonds. The molecule has 16 heavy (non-hydrogen) atoms. The van der Waals surface area contributed by atoms with E-state index >= 15 is 0 Å². The molecule has 1 rings (SSSR count). The summed E-state index contributed by atoms with van der Waals surface area (Å²) in [5.41, 5.74) is 0.896. The van der Waals surface area contributed by atoms with Crippen molar-refractivity contribution < 1.29 is 13.2 Å². The van der Waals surface area contributed by atoms with Gasteiger partial charge in [-0.1, -0.05) is 28.1 Å². The van der Waals surface area contributed by atoms with Crippen molar-refractivity contribution in [2.75, 3.05) is 12.0 Å². The van der Waals surface area contributed by atoms with Gasteiger partial charge in [0.15, 0.2) is 0 Å². The summed E-state index contributed by atoms with van der Waals surface area (Å²) < 4.78 is 22.7. The Morgan fingerprint density at radius 2 is 2.06 bits per heavy atom. The van der Waals surface area contributed by atoms with Gasteiger partial charge in [0.25, 0.3) is 0 Å². The lowest BCUT2D eigenvalue weighted by atomic mass is 10.1. The van der Waals surface area contributed by atoms with Crippen LogP contribution in [0.5, 0.6) is 0 Å². The summed E-state index contributed by atoms with van der Waals surface area (Å²) in [7, 11) is -3.05. The molecular weight excluding hydrogens is 292 g/mol. The number of carbonyl (C=O) groups is 1. The summed E-state index contributed by atoms with van der Waals surface area (Å²) in [5, 5.41) is 0. The number of benzene rings is 1. The van der Waals surface area contributed by atoms with E-state index in [2.05, 4.69) is 15.9 Å². The second kappa shape index (κ2) is 5.59. The number of hydrogen-bond acceptors (Lipinski definition) is 3. The van der Waals surface area contributed by atoms with E-state index in [0.29, 0.717) is 0 Å². The van der Waals surface area contributed by atoms with Crippen molar-refractivity contribution in [3.8, 4) is 0 Å². The first-order chi connectivity index (χ1) is 7.37. The van der Waals surface area contributed by atoms with E-state index in [0.717, 1.165) is 16.3 Å². The summed E-state index contributed by atoms with van der Waals surface area (Å²) in [6.07, 6.45) is 1.51. The first-order valence-corrected chi connectivity index (χ1v) is 7.66. The molecule has 0 spiro atoms. The van der Waals surface area contributed by atoms with Crippen LogP contribution in [0.4, 0.5) is 0 Å². The Kier molecular flexibility index (Phi) is 4.68. The maximum atomic E-state index is 11.5. The number of carbonyl (C=O) groups excluding carboxylic acids is 1. The molecule has 0 bridgehead atoms. The van der Waals surface area contributed by atoms with Gasteiger partial charge in [-0.05, 0) is 17.7 Å². The van der Waals surface area contributed by atoms with Gasteiger partial charge in [-0.25, -0.2) is 8.42 Å². The van der Waals surface area contributed by atoms with Crippen LogP contribution >= 0.6 is 15.9 Å². The van der Waals surface area contributed by atoms with Gasteiger partial charge in [0.05, 0.1) is 5.75 Å². The highest BCUT2D eigenvalue weighted by atomic mass is 79.9. The maximum absolute atomic E-state index is 11.5. The SMILES string of the molecule is CS(=O)(=O)CCC(=O)Cc1cccc(Br)c1. The predicted octanol–water partition coefficient (Wildman–Crippen LogP) is 2.00. The van der Waals surface area contributed by atoms with E-state index in [1.54, 1.807) is 0 Å². The van der Waals surface area contributed by atoms with Crippen LogP contribution in [0.2, 0.25) is 0 Å². The number of halogens is 1. The lowest BCUT2D eigenvalue weighted by Crippen LogP contribution is -2.11. The molecule has 0 unspecified atom stereocenters. The zero-order valence-corrected chi connectivity index (χ0v) is 11.3. The zero-order valence-electron chi connectivity index (χ0n) is 8.94. The van der Waals surface area contributed by atoms with Crippen molar-refractivity contribution in [2.45, 2.75) is 12.8 Å². The van der Waals surface area contributed by atoms with Gasteiger partial charge in [-0.15, -0.1) is 0 Å². The Morgan fingerprint density at radius 3 is 2.62 bits per heavy atom. The number of ketones is 1. The lowest BCUT2D eigenvalue weighted by Gasteiger charge is -2.01. The van der Waals surface area contributed by atoms with Crippen molar-refractivity contribution in [1.82, 2.24) is 0 Å². The molecular formula is C11H13BrO3S. The molecule has 5 heteroatoms. The van der Waals surface area contributed by atoms with Crippen LogP contribution in [-0.4, -0.2) is 26.2 Å². The average molecular weight is 305 g/mol. The van der Waals surface area contributed by atoms with Crippen LogP contribution in [-0.2, 0) is 21.1 Å². The van der Waals surface area contributed by atoms with Crippen LogP contribution in [0.1, 0.15) is 12.0 Å². The van der Waals surface area contributed by atoms with Crippen LogP contribution in [0.25, 0.3) is 0 Å². The Balaban J connectivity index is 2.52. The summed E-state index contributed by atoms with van der Waals surface area (Å²) in [6.45, 7) is 0. The molecule has 0 aromatic heterocycles. The largest absolute Gasteiger partial charge is 0.299 e. The monoisotopic (exact) mass is 304 g/mol. The molecule has 0 aliphatic heterocycles. The van der Waals surface area contributed by atoms with E-state index in [1.807, 2.05) is 24.3 Å². The normalized spacial score (nSPS) is 11.4. The van der Waals surface area contributed by atoms with E-state index in [9.17, 15) is 13.2 Å². The Bertz CT molecular complexity index is 480. The topological polar surface area (TPSA) is 51.2 Å². The van der Waals surface area contributed by atoms with Crippen molar-refractivity contribution in [3.05, 3.63) is 34.3 Å². The number of hydrogen-bond donors (Lipinski definition) is 0. The predicted molar refractivity (Wildman–Crippen MR) is 67.2 cm³/mol. The molecule has 0 aliphatic rings. The van der Waals surface area contributed by atoms with Crippen LogP contribution in [0, 0.1) is 0 Å². The molecule has 0 atom stereocenters. The van der Waals surface area contributed by atoms with Gasteiger partial charge < -0.3 is 0 Å². The van der Waals surface area contributed by atoms with Crippen LogP contribution in [0.15, 0.2) is 28.7 Å². The maximum Gasteiger partial charge on any atom is 0.147 e. The van der Waals surface area contributed by atoms with E-state index < -0.39 is 9.84 Å². The number of rotatable bonds is 5. The van der Waals surface area contributed by atoms with E-state index in [1.165, 1.54) is 0 Å². The molecule has 3 nitrogen and oxygen atoms in total. The fraction of sp³-hybridized carbons (Fsp3) is 0.364. The Hall–Kier alpha value is -0.680. The summed E-state index contributed by atoms with van der Waals surface area (Å²) in [5.74, 6) is -0.122. The molecule has 0 N–H and O–H groups in total. The minimum absolute atomic E-state index is 0.0523. The second-order valence-electron chi connectivity index (χ2n) is 3.73. The Morgan fingerprint density at radius 1 is 1.38 bits per heavy atom. The average Bonchev–Trinajstić information content (AvgIpc) is 2.14. The molecule has 0 saturated heterocycles. The summed E-state index contributed by atoms with van der Waals surface area (Å²) >= 11 is 3.32. The van der Waals surface area contributed by atoms with Gasteiger partial charge in [0.2, 0.25) is 0 Å². The highest BCUT2D eigenvalue weighted by molar-refractivity contribution is 9.10. The minimum Gasteiger partial charge on any atom is -0.299 e. The fourth-order valence-electron chi connectivity index (χ4n) is 1.26. The highest BCUT2D eigenvalue weighted by Crippen LogP contribution is 2.12. The van der Waals surface area contributed by atoms with Crippen molar-refractivity contribution in [1.29, 1.82) is 0 Å². The first-order valence-electron chi connectivity index (χ1n) is 4.81. The van der Waals surface area contributed by atoms with Gasteiger partial charge in [0, 0.05) is 23.6 Å². The molecule has 0 heterocycles. The molecule has 1 aromatic carbocycles. The molecule has 0 saturated carbocycles. The fourth-order valence-corrected chi connectivity index (χ4v) is 2.31. The van der Waals surface area contributed by atoms with Gasteiger partial charge >= 0.3 is 0 Å². The third-order valence-electron chi connectivity index (χ3n) is 2.04. The quantitative estimate of drug-likeness (QED) is 0.836. The summed E-state index contributed by atoms with van der Waals surface area (Å²) in [4.78, 5) is 11.5. The highest BCUT2D eigenvalue weighted by Gasteiger charge is 2.08. The smallest absolute Gasteiger partial charge is 0.147 e. The van der Waals surface area contributed by atoms with E-state index in [4.69, 9.17) is 0 Å². The first kappa shape index (κ1) is 13.4. The second-order valence-corrected chi connectivity index (χ2v) is 6.90. The van der Waals surface area contributed by atoms with Gasteiger partial charge in [-0.2, -0.15) is 0 Å². The van der Waals surface area contributed by atoms with Gasteiger partial charge in [0.1, 0.15) is 15.6 Å². The molecule has 0 fully saturated rings. The molecule has 0 aliphatic carbocycles. The lowest BCUT2D eigenvalue weighted by molar-refractivity contribution is -0.118. The number of sulfone groups is 1. The van der Waals surface area contributed by atoms with E-state index in [-0.39, 0.29) is 24.4 Å². The van der Waals surface area contributed by atoms with Gasteiger partial charge in [-0.3, -0.25) is 4.79 Å². The van der Waals surface area contributed by atoms with Crippen molar-refractivity contribution in [2.24, 2.45) is 0 Å². The zero-order chi connectivity index (χ0) is 12.2.